The van der Waals surface area contributed by atoms with E-state index in [2.05, 4.69) is 26.1 Å². The van der Waals surface area contributed by atoms with Crippen LogP contribution in [0.2, 0.25) is 0 Å². The van der Waals surface area contributed by atoms with Gasteiger partial charge in [-0.15, -0.1) is 0 Å². The lowest BCUT2D eigenvalue weighted by Gasteiger charge is -2.13. The zero-order valence-corrected chi connectivity index (χ0v) is 12.7. The molecule has 120 valence electrons. The third kappa shape index (κ3) is 3.57. The molecule has 2 amide bonds. The summed E-state index contributed by atoms with van der Waals surface area (Å²) in [6.45, 7) is 2.26. The SMILES string of the molecule is O=C(NCCNC(=O)c1n[nH]c2c1CNCC2)c1ccccc1. The fourth-order valence-electron chi connectivity index (χ4n) is 2.54. The van der Waals surface area contributed by atoms with Crippen molar-refractivity contribution in [2.24, 2.45) is 0 Å². The molecular formula is C16H19N5O2. The van der Waals surface area contributed by atoms with Gasteiger partial charge in [0, 0.05) is 49.4 Å². The highest BCUT2D eigenvalue weighted by Gasteiger charge is 2.21. The highest BCUT2D eigenvalue weighted by atomic mass is 16.2. The highest BCUT2D eigenvalue weighted by molar-refractivity contribution is 5.95. The van der Waals surface area contributed by atoms with E-state index < -0.39 is 0 Å². The van der Waals surface area contributed by atoms with Crippen LogP contribution in [0.4, 0.5) is 0 Å². The van der Waals surface area contributed by atoms with Crippen LogP contribution < -0.4 is 16.0 Å². The Kier molecular flexibility index (Phi) is 4.68. The number of carbonyl (C=O) groups is 2. The Balaban J connectivity index is 1.47. The van der Waals surface area contributed by atoms with Crippen LogP contribution >= 0.6 is 0 Å². The van der Waals surface area contributed by atoms with Crippen molar-refractivity contribution in [2.75, 3.05) is 19.6 Å². The maximum absolute atomic E-state index is 12.2. The van der Waals surface area contributed by atoms with Gasteiger partial charge in [-0.2, -0.15) is 5.10 Å². The minimum Gasteiger partial charge on any atom is -0.350 e. The first-order valence-electron chi connectivity index (χ1n) is 7.64. The van der Waals surface area contributed by atoms with Crippen molar-refractivity contribution in [3.8, 4) is 0 Å². The third-order valence-corrected chi connectivity index (χ3v) is 3.75. The fraction of sp³-hybridized carbons (Fsp3) is 0.312. The van der Waals surface area contributed by atoms with E-state index >= 15 is 0 Å². The molecule has 0 bridgehead atoms. The van der Waals surface area contributed by atoms with Crippen molar-refractivity contribution in [1.82, 2.24) is 26.1 Å². The molecule has 4 N–H and O–H groups in total. The number of amides is 2. The van der Waals surface area contributed by atoms with Crippen molar-refractivity contribution >= 4 is 11.8 Å². The lowest BCUT2D eigenvalue weighted by Crippen LogP contribution is -2.35. The number of nitrogens with one attached hydrogen (secondary N) is 4. The quantitative estimate of drug-likeness (QED) is 0.593. The van der Waals surface area contributed by atoms with Gasteiger partial charge in [0.25, 0.3) is 11.8 Å². The second kappa shape index (κ2) is 7.06. The van der Waals surface area contributed by atoms with Crippen LogP contribution in [0.3, 0.4) is 0 Å². The summed E-state index contributed by atoms with van der Waals surface area (Å²) in [6, 6.07) is 8.97. The molecule has 2 heterocycles. The zero-order chi connectivity index (χ0) is 16.1. The lowest BCUT2D eigenvalue weighted by atomic mass is 10.1. The van der Waals surface area contributed by atoms with Crippen molar-refractivity contribution in [3.05, 3.63) is 52.8 Å². The zero-order valence-electron chi connectivity index (χ0n) is 12.7. The molecule has 7 nitrogen and oxygen atoms in total. The average molecular weight is 313 g/mol. The first kappa shape index (κ1) is 15.2. The van der Waals surface area contributed by atoms with Crippen LogP contribution in [0.5, 0.6) is 0 Å². The summed E-state index contributed by atoms with van der Waals surface area (Å²) in [5.41, 5.74) is 2.99. The molecule has 0 aliphatic carbocycles. The number of rotatable bonds is 5. The number of aromatic amines is 1. The molecule has 0 spiro atoms. The topological polar surface area (TPSA) is 98.9 Å². The Bertz CT molecular complexity index is 696. The van der Waals surface area contributed by atoms with Gasteiger partial charge in [-0.3, -0.25) is 14.7 Å². The molecule has 2 aromatic rings. The molecule has 3 rings (SSSR count). The van der Waals surface area contributed by atoms with Gasteiger partial charge in [0.1, 0.15) is 0 Å². The third-order valence-electron chi connectivity index (χ3n) is 3.75. The van der Waals surface area contributed by atoms with Gasteiger partial charge in [0.2, 0.25) is 0 Å². The summed E-state index contributed by atoms with van der Waals surface area (Å²) < 4.78 is 0. The number of nitrogens with zero attached hydrogens (tertiary/aromatic N) is 1. The van der Waals surface area contributed by atoms with E-state index in [-0.39, 0.29) is 11.8 Å². The van der Waals surface area contributed by atoms with E-state index in [1.807, 2.05) is 18.2 Å². The van der Waals surface area contributed by atoms with Crippen LogP contribution in [0.15, 0.2) is 30.3 Å². The number of aromatic nitrogens is 2. The minimum atomic E-state index is -0.222. The van der Waals surface area contributed by atoms with Crippen LogP contribution in [0.1, 0.15) is 32.1 Å². The van der Waals surface area contributed by atoms with Gasteiger partial charge in [-0.1, -0.05) is 18.2 Å². The van der Waals surface area contributed by atoms with Crippen LogP contribution in [-0.4, -0.2) is 41.6 Å². The summed E-state index contributed by atoms with van der Waals surface area (Å²) in [7, 11) is 0. The van der Waals surface area contributed by atoms with E-state index in [1.54, 1.807) is 12.1 Å². The number of fused-ring (bicyclic) bond motifs is 1. The molecule has 1 aromatic carbocycles. The molecular weight excluding hydrogens is 294 g/mol. The monoisotopic (exact) mass is 313 g/mol. The predicted octanol–water partition coefficient (Wildman–Crippen LogP) is 0.215. The Morgan fingerprint density at radius 2 is 1.83 bits per heavy atom. The van der Waals surface area contributed by atoms with E-state index in [1.165, 1.54) is 0 Å². The van der Waals surface area contributed by atoms with Gasteiger partial charge in [-0.05, 0) is 12.1 Å². The number of hydrogen-bond donors (Lipinski definition) is 4. The predicted molar refractivity (Wildman–Crippen MR) is 85.1 cm³/mol. The minimum absolute atomic E-state index is 0.152. The lowest BCUT2D eigenvalue weighted by molar-refractivity contribution is 0.0924. The number of H-pyrrole nitrogens is 1. The summed E-state index contributed by atoms with van der Waals surface area (Å²) in [5.74, 6) is -0.374. The van der Waals surface area contributed by atoms with E-state index in [0.29, 0.717) is 30.9 Å². The first-order valence-corrected chi connectivity index (χ1v) is 7.64. The molecule has 0 radical (unpaired) electrons. The average Bonchev–Trinajstić information content (AvgIpc) is 3.03. The van der Waals surface area contributed by atoms with Crippen molar-refractivity contribution in [3.63, 3.8) is 0 Å². The largest absolute Gasteiger partial charge is 0.350 e. The molecule has 23 heavy (non-hydrogen) atoms. The molecule has 0 fully saturated rings. The maximum Gasteiger partial charge on any atom is 0.272 e. The van der Waals surface area contributed by atoms with Gasteiger partial charge in [0.05, 0.1) is 0 Å². The fourth-order valence-corrected chi connectivity index (χ4v) is 2.54. The second-order valence-corrected chi connectivity index (χ2v) is 5.33. The second-order valence-electron chi connectivity index (χ2n) is 5.33. The van der Waals surface area contributed by atoms with Crippen LogP contribution in [-0.2, 0) is 13.0 Å². The van der Waals surface area contributed by atoms with Crippen molar-refractivity contribution in [2.45, 2.75) is 13.0 Å². The highest BCUT2D eigenvalue weighted by Crippen LogP contribution is 2.14. The smallest absolute Gasteiger partial charge is 0.272 e. The number of hydrogen-bond acceptors (Lipinski definition) is 4. The molecule has 0 atom stereocenters. The number of carbonyl (C=O) groups excluding carboxylic acids is 2. The van der Waals surface area contributed by atoms with Gasteiger partial charge >= 0.3 is 0 Å². The summed E-state index contributed by atoms with van der Waals surface area (Å²) in [5, 5.41) is 15.8. The number of benzene rings is 1. The summed E-state index contributed by atoms with van der Waals surface area (Å²) >= 11 is 0. The first-order chi connectivity index (χ1) is 11.3. The van der Waals surface area contributed by atoms with E-state index in [0.717, 1.165) is 24.2 Å². The molecule has 0 saturated heterocycles. The molecule has 1 aromatic heterocycles. The standard InChI is InChI=1S/C16H19N5O2/c22-15(11-4-2-1-3-5-11)18-8-9-19-16(23)14-12-10-17-7-6-13(12)20-21-14/h1-5,17H,6-10H2,(H,18,22)(H,19,23)(H,20,21). The van der Waals surface area contributed by atoms with Gasteiger partial charge < -0.3 is 16.0 Å². The van der Waals surface area contributed by atoms with E-state index in [4.69, 9.17) is 0 Å². The molecule has 1 aliphatic heterocycles. The molecule has 0 saturated carbocycles. The van der Waals surface area contributed by atoms with Crippen molar-refractivity contribution in [1.29, 1.82) is 0 Å². The van der Waals surface area contributed by atoms with Gasteiger partial charge in [-0.25, -0.2) is 0 Å². The Morgan fingerprint density at radius 3 is 2.61 bits per heavy atom. The molecule has 0 unspecified atom stereocenters. The van der Waals surface area contributed by atoms with Crippen LogP contribution in [0.25, 0.3) is 0 Å². The van der Waals surface area contributed by atoms with Gasteiger partial charge in [0.15, 0.2) is 5.69 Å². The summed E-state index contributed by atoms with van der Waals surface area (Å²) in [4.78, 5) is 24.0. The van der Waals surface area contributed by atoms with Crippen LogP contribution in [0, 0.1) is 0 Å². The maximum atomic E-state index is 12.2. The normalized spacial score (nSPS) is 13.2. The Morgan fingerprint density at radius 1 is 1.09 bits per heavy atom. The Hall–Kier alpha value is -2.67. The van der Waals surface area contributed by atoms with E-state index in [9.17, 15) is 9.59 Å². The Labute approximate surface area is 133 Å². The van der Waals surface area contributed by atoms with Crippen molar-refractivity contribution < 1.29 is 9.59 Å². The molecule has 7 heteroatoms. The molecule has 1 aliphatic rings. The summed E-state index contributed by atoms with van der Waals surface area (Å²) in [6.07, 6.45) is 0.850.